The van der Waals surface area contributed by atoms with Crippen LogP contribution in [0.25, 0.3) is 11.2 Å². The molecule has 0 aromatic carbocycles. The first-order valence-corrected chi connectivity index (χ1v) is 16.1. The zero-order valence-electron chi connectivity index (χ0n) is 26.2. The molecule has 4 N–H and O–H groups in total. The Labute approximate surface area is 272 Å². The molecule has 0 bridgehead atoms. The van der Waals surface area contributed by atoms with E-state index in [1.807, 2.05) is 36.7 Å². The van der Waals surface area contributed by atoms with Crippen LogP contribution in [0.3, 0.4) is 0 Å². The van der Waals surface area contributed by atoms with Crippen molar-refractivity contribution in [3.63, 3.8) is 0 Å². The normalized spacial score (nSPS) is 18.9. The fraction of sp³-hybridized carbons (Fsp3) is 0.469. The van der Waals surface area contributed by atoms with Crippen molar-refractivity contribution in [3.05, 3.63) is 65.2 Å². The number of carbonyl (C=O) groups excluding carboxylic acids is 2. The first-order chi connectivity index (χ1) is 22.1. The molecule has 2 fully saturated rings. The molecule has 5 heterocycles. The van der Waals surface area contributed by atoms with Gasteiger partial charge in [-0.1, -0.05) is 31.5 Å². The Balaban J connectivity index is 1.26. The van der Waals surface area contributed by atoms with Gasteiger partial charge in [-0.15, -0.1) is 0 Å². The maximum atomic E-state index is 12.9. The zero-order chi connectivity index (χ0) is 32.4. The quantitative estimate of drug-likeness (QED) is 0.166. The second kappa shape index (κ2) is 13.2. The largest absolute Gasteiger partial charge is 0.464 e. The number of piperidine rings is 1. The molecule has 2 atom stereocenters. The molecule has 0 spiro atoms. The summed E-state index contributed by atoms with van der Waals surface area (Å²) in [7, 11) is 0. The van der Waals surface area contributed by atoms with Crippen LogP contribution in [0.1, 0.15) is 69.3 Å². The van der Waals surface area contributed by atoms with Crippen LogP contribution < -0.4 is 21.3 Å². The highest BCUT2D eigenvalue weighted by molar-refractivity contribution is 6.29. The van der Waals surface area contributed by atoms with E-state index in [1.165, 1.54) is 6.33 Å². The van der Waals surface area contributed by atoms with Crippen molar-refractivity contribution in [1.82, 2.24) is 34.8 Å². The Hall–Kier alpha value is -4.36. The highest BCUT2D eigenvalue weighted by Gasteiger charge is 2.36. The third-order valence-corrected chi connectivity index (χ3v) is 8.75. The third kappa shape index (κ3) is 6.75. The molecule has 6 rings (SSSR count). The second-order valence-corrected chi connectivity index (χ2v) is 12.8. The number of urea groups is 1. The lowest BCUT2D eigenvalue weighted by Crippen LogP contribution is -2.52. The maximum absolute atomic E-state index is 12.9. The lowest BCUT2D eigenvalue weighted by Gasteiger charge is -2.41. The smallest absolute Gasteiger partial charge is 0.328 e. The van der Waals surface area contributed by atoms with Crippen molar-refractivity contribution in [2.45, 2.75) is 70.5 Å². The van der Waals surface area contributed by atoms with E-state index in [0.717, 1.165) is 54.9 Å². The van der Waals surface area contributed by atoms with Crippen molar-refractivity contribution in [2.24, 2.45) is 11.7 Å². The fourth-order valence-corrected chi connectivity index (χ4v) is 6.16. The summed E-state index contributed by atoms with van der Waals surface area (Å²) in [6, 6.07) is 6.36. The number of rotatable bonds is 10. The summed E-state index contributed by atoms with van der Waals surface area (Å²) in [6.07, 6.45) is 8.99. The third-order valence-electron chi connectivity index (χ3n) is 8.54. The molecular weight excluding hydrogens is 608 g/mol. The number of nitrogens with one attached hydrogen (secondary N) is 2. The highest BCUT2D eigenvalue weighted by Crippen LogP contribution is 2.41. The standard InChI is InChI=1S/C32H39ClN10O3/c1-4-46-30(44)26(19(2)3)40-31(45)41-28-27-29(37-17-36-28)43(18-38-27)15-21-13-22(20-9-10-20)35-14-23(21)42-12-6-11-32(34,16-42)24-7-5-8-25(33)39-24/h5,7-8,13-14,17-20,26H,4,6,9-12,15-16,34H2,1-3H3,(H2,36,37,40,41,45)/t26-,32-/m1/s1. The van der Waals surface area contributed by atoms with E-state index in [2.05, 4.69) is 41.5 Å². The second-order valence-electron chi connectivity index (χ2n) is 12.4. The summed E-state index contributed by atoms with van der Waals surface area (Å²) in [5.74, 6) is 0.0431. The molecule has 14 heteroatoms. The lowest BCUT2D eigenvalue weighted by atomic mass is 9.86. The Morgan fingerprint density at radius 3 is 2.76 bits per heavy atom. The number of ether oxygens (including phenoxy) is 1. The van der Waals surface area contributed by atoms with Gasteiger partial charge in [0.25, 0.3) is 0 Å². The van der Waals surface area contributed by atoms with Crippen LogP contribution in [0, 0.1) is 5.92 Å². The number of hydrogen-bond acceptors (Lipinski definition) is 10. The molecule has 242 valence electrons. The molecule has 1 aliphatic carbocycles. The average molecular weight is 647 g/mol. The molecule has 1 aliphatic heterocycles. The zero-order valence-corrected chi connectivity index (χ0v) is 27.0. The predicted molar refractivity (Wildman–Crippen MR) is 175 cm³/mol. The number of nitrogens with two attached hydrogens (primary N) is 1. The molecule has 46 heavy (non-hydrogen) atoms. The van der Waals surface area contributed by atoms with Crippen LogP contribution in [-0.4, -0.2) is 67.2 Å². The van der Waals surface area contributed by atoms with Crippen LogP contribution in [-0.2, 0) is 21.6 Å². The van der Waals surface area contributed by atoms with Gasteiger partial charge in [-0.3, -0.25) is 10.3 Å². The molecule has 1 saturated carbocycles. The first-order valence-electron chi connectivity index (χ1n) is 15.7. The number of pyridine rings is 2. The summed E-state index contributed by atoms with van der Waals surface area (Å²) in [4.78, 5) is 50.3. The molecule has 4 aromatic rings. The minimum atomic E-state index is -0.808. The van der Waals surface area contributed by atoms with Gasteiger partial charge in [-0.05, 0) is 62.3 Å². The number of aromatic nitrogens is 6. The SMILES string of the molecule is CCOC(=O)[C@H](NC(=O)Nc1ncnc2c1ncn2Cc1cc(C2CC2)ncc1N1CCC[C@](N)(c2cccc(Cl)n2)C1)C(C)C. The van der Waals surface area contributed by atoms with Crippen molar-refractivity contribution < 1.29 is 14.3 Å². The van der Waals surface area contributed by atoms with E-state index in [4.69, 9.17) is 27.1 Å². The van der Waals surface area contributed by atoms with Gasteiger partial charge in [-0.2, -0.15) is 0 Å². The van der Waals surface area contributed by atoms with Crippen molar-refractivity contribution in [2.75, 3.05) is 29.9 Å². The number of imidazole rings is 1. The van der Waals surface area contributed by atoms with Gasteiger partial charge in [0, 0.05) is 24.7 Å². The summed E-state index contributed by atoms with van der Waals surface area (Å²) < 4.78 is 7.05. The molecule has 0 radical (unpaired) electrons. The Morgan fingerprint density at radius 2 is 2.02 bits per heavy atom. The molecule has 13 nitrogen and oxygen atoms in total. The molecule has 4 aromatic heterocycles. The number of amides is 2. The van der Waals surface area contributed by atoms with Crippen molar-refractivity contribution >= 4 is 46.3 Å². The predicted octanol–water partition coefficient (Wildman–Crippen LogP) is 4.36. The highest BCUT2D eigenvalue weighted by atomic mass is 35.5. The topological polar surface area (TPSA) is 166 Å². The number of halogens is 1. The molecule has 2 amide bonds. The van der Waals surface area contributed by atoms with Gasteiger partial charge in [0.1, 0.15) is 17.5 Å². The lowest BCUT2D eigenvalue weighted by molar-refractivity contribution is -0.146. The monoisotopic (exact) mass is 646 g/mol. The minimum absolute atomic E-state index is 0.171. The van der Waals surface area contributed by atoms with Gasteiger partial charge in [-0.25, -0.2) is 29.5 Å². The van der Waals surface area contributed by atoms with Gasteiger partial charge < -0.3 is 25.3 Å². The van der Waals surface area contributed by atoms with E-state index in [9.17, 15) is 9.59 Å². The maximum Gasteiger partial charge on any atom is 0.328 e. The van der Waals surface area contributed by atoms with Crippen LogP contribution in [0.2, 0.25) is 5.15 Å². The number of nitrogens with zero attached hydrogens (tertiary/aromatic N) is 7. The van der Waals surface area contributed by atoms with Gasteiger partial charge in [0.2, 0.25) is 0 Å². The summed E-state index contributed by atoms with van der Waals surface area (Å²) >= 11 is 6.23. The van der Waals surface area contributed by atoms with Crippen molar-refractivity contribution in [3.8, 4) is 0 Å². The van der Waals surface area contributed by atoms with E-state index < -0.39 is 23.6 Å². The van der Waals surface area contributed by atoms with Crippen LogP contribution in [0.5, 0.6) is 0 Å². The molecule has 0 unspecified atom stereocenters. The van der Waals surface area contributed by atoms with Crippen LogP contribution in [0.15, 0.2) is 43.1 Å². The van der Waals surface area contributed by atoms with E-state index in [1.54, 1.807) is 19.3 Å². The summed E-state index contributed by atoms with van der Waals surface area (Å²) in [5.41, 5.74) is 11.2. The molecule has 2 aliphatic rings. The summed E-state index contributed by atoms with van der Waals surface area (Å²) in [6.45, 7) is 7.48. The minimum Gasteiger partial charge on any atom is -0.464 e. The first kappa shape index (κ1) is 31.6. The fourth-order valence-electron chi connectivity index (χ4n) is 5.99. The Bertz CT molecular complexity index is 1740. The number of anilines is 2. The molecular formula is C32H39ClN10O3. The number of hydrogen-bond donors (Lipinski definition) is 3. The number of esters is 1. The van der Waals surface area contributed by atoms with E-state index in [0.29, 0.717) is 35.3 Å². The van der Waals surface area contributed by atoms with Crippen molar-refractivity contribution in [1.29, 1.82) is 0 Å². The number of carbonyl (C=O) groups is 2. The van der Waals surface area contributed by atoms with E-state index in [-0.39, 0.29) is 18.3 Å². The van der Waals surface area contributed by atoms with Gasteiger partial charge >= 0.3 is 12.0 Å². The Kier molecular flexibility index (Phi) is 9.05. The van der Waals surface area contributed by atoms with Crippen LogP contribution >= 0.6 is 11.6 Å². The van der Waals surface area contributed by atoms with Gasteiger partial charge in [0.15, 0.2) is 17.0 Å². The molecule has 1 saturated heterocycles. The van der Waals surface area contributed by atoms with E-state index >= 15 is 0 Å². The van der Waals surface area contributed by atoms with Gasteiger partial charge in [0.05, 0.1) is 42.6 Å². The average Bonchev–Trinajstić information content (AvgIpc) is 3.81. The van der Waals surface area contributed by atoms with Crippen LogP contribution in [0.4, 0.5) is 16.3 Å². The number of fused-ring (bicyclic) bond motifs is 1. The summed E-state index contributed by atoms with van der Waals surface area (Å²) in [5, 5.41) is 5.86. The Morgan fingerprint density at radius 1 is 1.20 bits per heavy atom.